The van der Waals surface area contributed by atoms with E-state index in [-0.39, 0.29) is 0 Å². The number of benzene rings is 2. The number of anilines is 1. The highest BCUT2D eigenvalue weighted by Gasteiger charge is 2.16. The van der Waals surface area contributed by atoms with Gasteiger partial charge in [-0.1, -0.05) is 60.7 Å². The van der Waals surface area contributed by atoms with Crippen molar-refractivity contribution in [2.24, 2.45) is 0 Å². The van der Waals surface area contributed by atoms with Crippen molar-refractivity contribution in [3.05, 3.63) is 78.8 Å². The molecule has 0 bridgehead atoms. The lowest BCUT2D eigenvalue weighted by Gasteiger charge is -2.12. The smallest absolute Gasteiger partial charge is 0.146 e. The van der Waals surface area contributed by atoms with Crippen LogP contribution in [0.2, 0.25) is 0 Å². The van der Waals surface area contributed by atoms with Gasteiger partial charge in [-0.15, -0.1) is 0 Å². The second-order valence-corrected chi connectivity index (χ2v) is 7.00. The van der Waals surface area contributed by atoms with Crippen LogP contribution in [0, 0.1) is 0 Å². The van der Waals surface area contributed by atoms with Gasteiger partial charge >= 0.3 is 0 Å². The van der Waals surface area contributed by atoms with Crippen molar-refractivity contribution in [1.29, 1.82) is 0 Å². The molecule has 0 amide bonds. The van der Waals surface area contributed by atoms with Crippen molar-refractivity contribution in [2.75, 3.05) is 12.3 Å². The summed E-state index contributed by atoms with van der Waals surface area (Å²) in [6.45, 7) is 1.44. The molecule has 0 aliphatic rings. The first-order valence-corrected chi connectivity index (χ1v) is 9.67. The van der Waals surface area contributed by atoms with Crippen LogP contribution < -0.4 is 5.73 Å². The average molecular weight is 388 g/mol. The molecule has 2 heterocycles. The number of aliphatic hydroxyl groups is 1. The van der Waals surface area contributed by atoms with Crippen molar-refractivity contribution in [2.45, 2.75) is 25.7 Å². The monoisotopic (exact) mass is 388 g/mol. The molecule has 0 radical (unpaired) electrons. The molecule has 29 heavy (non-hydrogen) atoms. The van der Waals surface area contributed by atoms with Crippen LogP contribution in [-0.4, -0.2) is 32.4 Å². The van der Waals surface area contributed by atoms with E-state index in [9.17, 15) is 5.11 Å². The number of nitrogens with zero attached hydrogens (tertiary/aromatic N) is 3. The van der Waals surface area contributed by atoms with E-state index in [4.69, 9.17) is 10.5 Å². The second-order valence-electron chi connectivity index (χ2n) is 7.00. The third-order valence-electron chi connectivity index (χ3n) is 4.88. The maximum atomic E-state index is 10.5. The van der Waals surface area contributed by atoms with Crippen molar-refractivity contribution >= 4 is 16.9 Å². The van der Waals surface area contributed by atoms with E-state index in [0.717, 1.165) is 27.7 Å². The molecule has 0 saturated carbocycles. The molecule has 4 rings (SSSR count). The van der Waals surface area contributed by atoms with Gasteiger partial charge in [-0.2, -0.15) is 0 Å². The number of nitrogens with two attached hydrogens (primary N) is 1. The summed E-state index contributed by atoms with van der Waals surface area (Å²) in [5.74, 6) is 0.438. The predicted octanol–water partition coefficient (Wildman–Crippen LogP) is 3.65. The Morgan fingerprint density at radius 2 is 1.72 bits per heavy atom. The zero-order chi connectivity index (χ0) is 20.1. The number of hydrogen-bond acceptors (Lipinski definition) is 5. The van der Waals surface area contributed by atoms with Gasteiger partial charge in [0.05, 0.1) is 24.6 Å². The Morgan fingerprint density at radius 1 is 1.00 bits per heavy atom. The van der Waals surface area contributed by atoms with Crippen LogP contribution in [0.3, 0.4) is 0 Å². The number of ether oxygens (including phenoxy) is 1. The van der Waals surface area contributed by atoms with Crippen LogP contribution in [0.25, 0.3) is 22.2 Å². The van der Waals surface area contributed by atoms with Crippen molar-refractivity contribution in [3.63, 3.8) is 0 Å². The highest BCUT2D eigenvalue weighted by molar-refractivity contribution is 6.00. The van der Waals surface area contributed by atoms with Crippen LogP contribution in [0.4, 0.5) is 5.82 Å². The maximum absolute atomic E-state index is 10.5. The van der Waals surface area contributed by atoms with Gasteiger partial charge in [-0.25, -0.2) is 9.97 Å². The van der Waals surface area contributed by atoms with E-state index in [1.54, 1.807) is 0 Å². The van der Waals surface area contributed by atoms with Crippen molar-refractivity contribution < 1.29 is 9.84 Å². The molecule has 1 atom stereocenters. The van der Waals surface area contributed by atoms with E-state index in [2.05, 4.69) is 9.97 Å². The fourth-order valence-corrected chi connectivity index (χ4v) is 3.42. The average Bonchev–Trinajstić information content (AvgIpc) is 3.12. The lowest BCUT2D eigenvalue weighted by molar-refractivity contribution is 0.0668. The molecule has 4 aromatic rings. The standard InChI is InChI=1S/C23H24N4O2/c24-22-21-20(18-9-5-2-6-10-18)14-27(23(21)26-16-25-22)13-19(28)11-12-29-15-17-7-3-1-4-8-17/h1-10,14,16,19,28H,11-13,15H2,(H2,24,25,26). The van der Waals surface area contributed by atoms with Gasteiger partial charge in [-0.05, 0) is 17.5 Å². The molecule has 0 aliphatic carbocycles. The minimum Gasteiger partial charge on any atom is -0.391 e. The Bertz CT molecular complexity index is 1060. The molecule has 0 aliphatic heterocycles. The molecule has 3 N–H and O–H groups in total. The molecule has 0 fully saturated rings. The van der Waals surface area contributed by atoms with Gasteiger partial charge in [0.15, 0.2) is 0 Å². The number of fused-ring (bicyclic) bond motifs is 1. The van der Waals surface area contributed by atoms with Gasteiger partial charge in [0.1, 0.15) is 17.8 Å². The summed E-state index contributed by atoms with van der Waals surface area (Å²) in [5.41, 5.74) is 10.00. The van der Waals surface area contributed by atoms with E-state index in [0.29, 0.717) is 32.0 Å². The van der Waals surface area contributed by atoms with Crippen LogP contribution in [-0.2, 0) is 17.9 Å². The van der Waals surface area contributed by atoms with Crippen molar-refractivity contribution in [3.8, 4) is 11.1 Å². The van der Waals surface area contributed by atoms with Gasteiger partial charge in [-0.3, -0.25) is 0 Å². The minimum absolute atomic E-state index is 0.411. The molecule has 6 heteroatoms. The largest absolute Gasteiger partial charge is 0.391 e. The molecule has 2 aromatic heterocycles. The van der Waals surface area contributed by atoms with Gasteiger partial charge in [0, 0.05) is 18.4 Å². The third kappa shape index (κ3) is 4.45. The number of hydrogen-bond donors (Lipinski definition) is 2. The third-order valence-corrected chi connectivity index (χ3v) is 4.88. The molecule has 1 unspecified atom stereocenters. The van der Waals surface area contributed by atoms with E-state index >= 15 is 0 Å². The molecule has 6 nitrogen and oxygen atoms in total. The Balaban J connectivity index is 1.46. The summed E-state index contributed by atoms with van der Waals surface area (Å²) >= 11 is 0. The lowest BCUT2D eigenvalue weighted by Crippen LogP contribution is -2.18. The topological polar surface area (TPSA) is 86.2 Å². The highest BCUT2D eigenvalue weighted by Crippen LogP contribution is 2.32. The zero-order valence-corrected chi connectivity index (χ0v) is 16.1. The number of rotatable bonds is 8. The first kappa shape index (κ1) is 19.1. The summed E-state index contributed by atoms with van der Waals surface area (Å²) < 4.78 is 7.64. The molecule has 2 aromatic carbocycles. The molecule has 148 valence electrons. The Morgan fingerprint density at radius 3 is 2.48 bits per heavy atom. The van der Waals surface area contributed by atoms with Gasteiger partial charge in [0.2, 0.25) is 0 Å². The van der Waals surface area contributed by atoms with Crippen LogP contribution in [0.1, 0.15) is 12.0 Å². The Kier molecular flexibility index (Phi) is 5.84. The molecular weight excluding hydrogens is 364 g/mol. The van der Waals surface area contributed by atoms with Gasteiger partial charge < -0.3 is 20.1 Å². The lowest BCUT2D eigenvalue weighted by atomic mass is 10.1. The number of aromatic nitrogens is 3. The van der Waals surface area contributed by atoms with Crippen molar-refractivity contribution in [1.82, 2.24) is 14.5 Å². The first-order valence-electron chi connectivity index (χ1n) is 9.67. The van der Waals surface area contributed by atoms with E-state index < -0.39 is 6.10 Å². The summed E-state index contributed by atoms with van der Waals surface area (Å²) in [6, 6.07) is 20.0. The van der Waals surface area contributed by atoms with Crippen LogP contribution >= 0.6 is 0 Å². The minimum atomic E-state index is -0.554. The zero-order valence-electron chi connectivity index (χ0n) is 16.1. The SMILES string of the molecule is Nc1ncnc2c1c(-c1ccccc1)cn2CC(O)CCOCc1ccccc1. The fourth-order valence-electron chi connectivity index (χ4n) is 3.42. The summed E-state index contributed by atoms with van der Waals surface area (Å²) in [6.07, 6.45) is 3.42. The summed E-state index contributed by atoms with van der Waals surface area (Å²) in [7, 11) is 0. The normalized spacial score (nSPS) is 12.3. The second kappa shape index (κ2) is 8.86. The quantitative estimate of drug-likeness (QED) is 0.450. The number of aliphatic hydroxyl groups excluding tert-OH is 1. The Hall–Kier alpha value is -3.22. The number of nitrogen functional groups attached to an aromatic ring is 1. The summed E-state index contributed by atoms with van der Waals surface area (Å²) in [4.78, 5) is 8.55. The predicted molar refractivity (Wildman–Crippen MR) is 114 cm³/mol. The maximum Gasteiger partial charge on any atom is 0.146 e. The highest BCUT2D eigenvalue weighted by atomic mass is 16.5. The van der Waals surface area contributed by atoms with E-state index in [1.807, 2.05) is 71.4 Å². The molecular formula is C23H24N4O2. The summed E-state index contributed by atoms with van der Waals surface area (Å²) in [5, 5.41) is 11.3. The first-order chi connectivity index (χ1) is 14.2. The van der Waals surface area contributed by atoms with E-state index in [1.165, 1.54) is 6.33 Å². The van der Waals surface area contributed by atoms with Crippen LogP contribution in [0.15, 0.2) is 73.2 Å². The van der Waals surface area contributed by atoms with Gasteiger partial charge in [0.25, 0.3) is 0 Å². The molecule has 0 saturated heterocycles. The Labute approximate surface area is 169 Å². The fraction of sp³-hybridized carbons (Fsp3) is 0.217. The van der Waals surface area contributed by atoms with Crippen LogP contribution in [0.5, 0.6) is 0 Å². The molecule has 0 spiro atoms.